The summed E-state index contributed by atoms with van der Waals surface area (Å²) in [6, 6.07) is 3.52. The summed E-state index contributed by atoms with van der Waals surface area (Å²) in [5, 5.41) is 0.421. The normalized spacial score (nSPS) is 17.0. The quantitative estimate of drug-likeness (QED) is 0.352. The van der Waals surface area contributed by atoms with E-state index < -0.39 is 0 Å². The van der Waals surface area contributed by atoms with Crippen molar-refractivity contribution in [3.05, 3.63) is 64.5 Å². The Morgan fingerprint density at radius 2 is 2.15 bits per heavy atom. The van der Waals surface area contributed by atoms with Gasteiger partial charge in [0, 0.05) is 16.8 Å². The highest BCUT2D eigenvalue weighted by Gasteiger charge is 2.18. The van der Waals surface area contributed by atoms with Crippen LogP contribution >= 0.6 is 23.8 Å². The van der Waals surface area contributed by atoms with Crippen molar-refractivity contribution in [1.29, 1.82) is 0 Å². The molecule has 1 aromatic heterocycles. The van der Waals surface area contributed by atoms with Gasteiger partial charge in [0.25, 0.3) is 0 Å². The molecule has 0 bridgehead atoms. The molecule has 0 unspecified atom stereocenters. The second-order valence-corrected chi connectivity index (χ2v) is 5.49. The number of halogens is 2. The van der Waals surface area contributed by atoms with Crippen LogP contribution in [0.25, 0.3) is 0 Å². The summed E-state index contributed by atoms with van der Waals surface area (Å²) in [6.45, 7) is 4.11. The van der Waals surface area contributed by atoms with Crippen LogP contribution in [0.4, 0.5) is 4.39 Å². The van der Waals surface area contributed by atoms with E-state index in [1.165, 1.54) is 6.08 Å². The minimum Gasteiger partial charge on any atom is -0.313 e. The first kappa shape index (κ1) is 14.9. The third-order valence-electron chi connectivity index (χ3n) is 3.08. The minimum atomic E-state index is -0.312. The van der Waals surface area contributed by atoms with Gasteiger partial charge in [0.2, 0.25) is 0 Å². The summed E-state index contributed by atoms with van der Waals surface area (Å²) in [5.41, 5.74) is 2.54. The molecule has 20 heavy (non-hydrogen) atoms. The molecule has 2 heterocycles. The van der Waals surface area contributed by atoms with Gasteiger partial charge in [0.15, 0.2) is 5.95 Å². The van der Waals surface area contributed by atoms with Gasteiger partial charge in [-0.1, -0.05) is 36.0 Å². The highest BCUT2D eigenvalue weighted by atomic mass is 35.5. The van der Waals surface area contributed by atoms with Crippen molar-refractivity contribution in [3.63, 3.8) is 0 Å². The van der Waals surface area contributed by atoms with Crippen molar-refractivity contribution in [2.45, 2.75) is 20.4 Å². The summed E-state index contributed by atoms with van der Waals surface area (Å²) in [6.07, 6.45) is 6.62. The van der Waals surface area contributed by atoms with Gasteiger partial charge < -0.3 is 4.90 Å². The van der Waals surface area contributed by atoms with E-state index in [9.17, 15) is 4.39 Å². The zero-order valence-corrected chi connectivity index (χ0v) is 12.8. The first-order valence-electron chi connectivity index (χ1n) is 6.12. The van der Waals surface area contributed by atoms with E-state index in [0.29, 0.717) is 11.7 Å². The van der Waals surface area contributed by atoms with Crippen LogP contribution in [0.3, 0.4) is 0 Å². The highest BCUT2D eigenvalue weighted by Crippen LogP contribution is 2.26. The van der Waals surface area contributed by atoms with Crippen LogP contribution in [0.2, 0.25) is 5.15 Å². The molecule has 104 valence electrons. The Hall–Kier alpha value is -1.52. The minimum absolute atomic E-state index is 0.312. The van der Waals surface area contributed by atoms with Crippen LogP contribution < -0.4 is 0 Å². The van der Waals surface area contributed by atoms with Gasteiger partial charge in [-0.15, -0.1) is 0 Å². The number of thiocarbonyl (C=S) groups is 1. The average Bonchev–Trinajstić information content (AvgIpc) is 2.42. The Balaban J connectivity index is 2.33. The van der Waals surface area contributed by atoms with Crippen LogP contribution in [0, 0.1) is 0 Å². The molecule has 0 atom stereocenters. The maximum absolute atomic E-state index is 14.1. The molecular formula is C15H14ClFN2S. The van der Waals surface area contributed by atoms with Crippen LogP contribution in [-0.4, -0.2) is 14.7 Å². The predicted molar refractivity (Wildman–Crippen MR) is 84.1 cm³/mol. The second kappa shape index (κ2) is 6.29. The van der Waals surface area contributed by atoms with Gasteiger partial charge in [-0.2, -0.15) is 4.39 Å². The summed E-state index contributed by atoms with van der Waals surface area (Å²) >= 11 is 10.9. The molecule has 0 fully saturated rings. The highest BCUT2D eigenvalue weighted by molar-refractivity contribution is 7.80. The monoisotopic (exact) mass is 308 g/mol. The van der Waals surface area contributed by atoms with Crippen molar-refractivity contribution in [3.8, 4) is 0 Å². The molecule has 0 radical (unpaired) electrons. The van der Waals surface area contributed by atoms with E-state index in [0.717, 1.165) is 21.7 Å². The topological polar surface area (TPSA) is 16.1 Å². The first-order chi connectivity index (χ1) is 9.49. The van der Waals surface area contributed by atoms with E-state index in [1.54, 1.807) is 23.2 Å². The van der Waals surface area contributed by atoms with Crippen molar-refractivity contribution in [2.24, 2.45) is 0 Å². The van der Waals surface area contributed by atoms with Crippen molar-refractivity contribution >= 4 is 28.7 Å². The molecule has 0 aliphatic carbocycles. The number of nitrogens with zero attached hydrogens (tertiary/aromatic N) is 2. The zero-order valence-electron chi connectivity index (χ0n) is 11.2. The molecule has 1 aromatic rings. The van der Waals surface area contributed by atoms with Crippen molar-refractivity contribution in [2.75, 3.05) is 0 Å². The smallest absolute Gasteiger partial charge is 0.194 e. The molecule has 2 nitrogen and oxygen atoms in total. The summed E-state index contributed by atoms with van der Waals surface area (Å²) < 4.78 is 14.1. The van der Waals surface area contributed by atoms with Gasteiger partial charge in [-0.3, -0.25) is 0 Å². The molecule has 0 saturated heterocycles. The lowest BCUT2D eigenvalue weighted by Gasteiger charge is -2.27. The lowest BCUT2D eigenvalue weighted by atomic mass is 10.1. The summed E-state index contributed by atoms with van der Waals surface area (Å²) in [7, 11) is 0. The SMILES string of the molecule is CC(=S)/C(C)=C1\C=CC=C(F)N1Cc1ccc(Cl)nc1. The van der Waals surface area contributed by atoms with E-state index in [4.69, 9.17) is 23.8 Å². The first-order valence-corrected chi connectivity index (χ1v) is 6.91. The fourth-order valence-corrected chi connectivity index (χ4v) is 2.08. The van der Waals surface area contributed by atoms with Crippen LogP contribution in [-0.2, 0) is 6.54 Å². The lowest BCUT2D eigenvalue weighted by molar-refractivity contribution is 0.324. The standard InChI is InChI=1S/C15H14ClFN2S/c1-10(11(2)20)13-4-3-5-15(17)19(13)9-12-6-7-14(16)18-8-12/h3-8H,9H2,1-2H3/b13-10+. The largest absolute Gasteiger partial charge is 0.313 e. The third-order valence-corrected chi connectivity index (χ3v) is 3.61. The predicted octanol–water partition coefficient (Wildman–Crippen LogP) is 4.58. The number of hydrogen-bond acceptors (Lipinski definition) is 3. The Morgan fingerprint density at radius 3 is 2.75 bits per heavy atom. The van der Waals surface area contributed by atoms with Gasteiger partial charge >= 0.3 is 0 Å². The second-order valence-electron chi connectivity index (χ2n) is 4.49. The van der Waals surface area contributed by atoms with Crippen LogP contribution in [0.15, 0.2) is 53.8 Å². The van der Waals surface area contributed by atoms with Gasteiger partial charge in [0.1, 0.15) is 5.15 Å². The number of allylic oxidation sites excluding steroid dienone is 4. The summed E-state index contributed by atoms with van der Waals surface area (Å²) in [4.78, 5) is 6.34. The molecule has 1 aliphatic heterocycles. The fraction of sp³-hybridized carbons (Fsp3) is 0.200. The molecular weight excluding hydrogens is 295 g/mol. The number of hydrogen-bond donors (Lipinski definition) is 0. The number of pyridine rings is 1. The van der Waals surface area contributed by atoms with Crippen LogP contribution in [0.1, 0.15) is 19.4 Å². The molecule has 0 aromatic carbocycles. The van der Waals surface area contributed by atoms with E-state index in [1.807, 2.05) is 26.0 Å². The molecule has 2 rings (SSSR count). The molecule has 0 spiro atoms. The molecule has 0 saturated carbocycles. The number of aromatic nitrogens is 1. The maximum Gasteiger partial charge on any atom is 0.194 e. The van der Waals surface area contributed by atoms with Crippen molar-refractivity contribution in [1.82, 2.24) is 9.88 Å². The molecule has 1 aliphatic rings. The summed E-state index contributed by atoms with van der Waals surface area (Å²) in [5.74, 6) is -0.312. The van der Waals surface area contributed by atoms with Gasteiger partial charge in [-0.25, -0.2) is 4.98 Å². The van der Waals surface area contributed by atoms with Gasteiger partial charge in [-0.05, 0) is 43.2 Å². The van der Waals surface area contributed by atoms with E-state index in [-0.39, 0.29) is 5.95 Å². The van der Waals surface area contributed by atoms with E-state index in [2.05, 4.69) is 4.98 Å². The Bertz CT molecular complexity index is 617. The van der Waals surface area contributed by atoms with Crippen molar-refractivity contribution < 1.29 is 4.39 Å². The number of rotatable bonds is 3. The van der Waals surface area contributed by atoms with E-state index >= 15 is 0 Å². The molecule has 0 amide bonds. The van der Waals surface area contributed by atoms with Gasteiger partial charge in [0.05, 0.1) is 6.54 Å². The molecule has 0 N–H and O–H groups in total. The molecule has 5 heteroatoms. The third kappa shape index (κ3) is 3.32. The Kier molecular flexibility index (Phi) is 4.68. The zero-order chi connectivity index (χ0) is 14.7. The maximum atomic E-state index is 14.1. The fourth-order valence-electron chi connectivity index (χ4n) is 1.86. The Labute approximate surface area is 128 Å². The Morgan fingerprint density at radius 1 is 1.40 bits per heavy atom. The average molecular weight is 309 g/mol. The lowest BCUT2D eigenvalue weighted by Crippen LogP contribution is -2.23. The van der Waals surface area contributed by atoms with Crippen LogP contribution in [0.5, 0.6) is 0 Å².